The van der Waals surface area contributed by atoms with Crippen molar-refractivity contribution in [3.05, 3.63) is 59.9 Å². The van der Waals surface area contributed by atoms with E-state index in [1.54, 1.807) is 11.8 Å². The first-order valence-corrected chi connectivity index (χ1v) is 7.56. The Bertz CT molecular complexity index is 740. The topological polar surface area (TPSA) is 12.9 Å². The van der Waals surface area contributed by atoms with E-state index >= 15 is 0 Å². The van der Waals surface area contributed by atoms with Crippen LogP contribution in [-0.4, -0.2) is 11.2 Å². The highest BCUT2D eigenvalue weighted by molar-refractivity contribution is 7.98. The zero-order valence-corrected chi connectivity index (χ0v) is 12.0. The number of hydrogen-bond donors (Lipinski definition) is 0. The molecule has 3 heteroatoms. The van der Waals surface area contributed by atoms with Crippen molar-refractivity contribution in [3.63, 3.8) is 0 Å². The molecule has 94 valence electrons. The van der Waals surface area contributed by atoms with Gasteiger partial charge in [-0.2, -0.15) is 0 Å². The molecule has 1 aromatic heterocycles. The summed E-state index contributed by atoms with van der Waals surface area (Å²) in [4.78, 5) is 5.44. The molecule has 1 heterocycles. The maximum Gasteiger partial charge on any atom is 0.0412 e. The molecule has 0 spiro atoms. The summed E-state index contributed by atoms with van der Waals surface area (Å²) in [6, 6.07) is 14.4. The lowest BCUT2D eigenvalue weighted by molar-refractivity contribution is 1.35. The van der Waals surface area contributed by atoms with E-state index in [0.29, 0.717) is 0 Å². The molecule has 0 atom stereocenters. The third-order valence-corrected chi connectivity index (χ3v) is 4.11. The van der Waals surface area contributed by atoms with Crippen molar-refractivity contribution in [2.45, 2.75) is 4.90 Å². The van der Waals surface area contributed by atoms with Gasteiger partial charge in [0.15, 0.2) is 0 Å². The van der Waals surface area contributed by atoms with Gasteiger partial charge in [-0.15, -0.1) is 11.8 Å². The number of nitrogens with zero attached hydrogens (tertiary/aromatic N) is 1. The van der Waals surface area contributed by atoms with E-state index in [2.05, 4.69) is 29.4 Å². The first kappa shape index (κ1) is 12.5. The van der Waals surface area contributed by atoms with Crippen LogP contribution in [0.4, 0.5) is 0 Å². The zero-order chi connectivity index (χ0) is 13.2. The van der Waals surface area contributed by atoms with Gasteiger partial charge in [0.25, 0.3) is 0 Å². The highest BCUT2D eigenvalue weighted by atomic mass is 35.5. The third kappa shape index (κ3) is 2.46. The number of halogens is 1. The van der Waals surface area contributed by atoms with Crippen LogP contribution in [0, 0.1) is 0 Å². The van der Waals surface area contributed by atoms with Gasteiger partial charge < -0.3 is 0 Å². The van der Waals surface area contributed by atoms with E-state index in [-0.39, 0.29) is 0 Å². The molecule has 0 saturated heterocycles. The molecule has 0 bridgehead atoms. The number of rotatable bonds is 2. The van der Waals surface area contributed by atoms with Crippen LogP contribution in [0.1, 0.15) is 0 Å². The summed E-state index contributed by atoms with van der Waals surface area (Å²) in [7, 11) is 0. The lowest BCUT2D eigenvalue weighted by atomic mass is 10.0. The van der Waals surface area contributed by atoms with Crippen LogP contribution in [0.25, 0.3) is 21.9 Å². The Labute approximate surface area is 121 Å². The van der Waals surface area contributed by atoms with Crippen LogP contribution in [0.5, 0.6) is 0 Å². The molecular weight excluding hydrogens is 274 g/mol. The van der Waals surface area contributed by atoms with Crippen LogP contribution in [0.2, 0.25) is 5.02 Å². The van der Waals surface area contributed by atoms with Crippen molar-refractivity contribution in [3.8, 4) is 11.1 Å². The summed E-state index contributed by atoms with van der Waals surface area (Å²) in [5.41, 5.74) is 2.35. The van der Waals surface area contributed by atoms with Crippen LogP contribution < -0.4 is 0 Å². The van der Waals surface area contributed by atoms with Crippen molar-refractivity contribution >= 4 is 34.1 Å². The predicted molar refractivity (Wildman–Crippen MR) is 84.0 cm³/mol. The third-order valence-electron chi connectivity index (χ3n) is 3.09. The van der Waals surface area contributed by atoms with E-state index in [1.165, 1.54) is 15.8 Å². The molecular formula is C16H12ClNS. The zero-order valence-electron chi connectivity index (χ0n) is 10.4. The lowest BCUT2D eigenvalue weighted by Crippen LogP contribution is -1.84. The first-order valence-electron chi connectivity index (χ1n) is 5.95. The van der Waals surface area contributed by atoms with E-state index in [4.69, 9.17) is 11.6 Å². The van der Waals surface area contributed by atoms with Crippen molar-refractivity contribution in [2.75, 3.05) is 6.26 Å². The number of aromatic nitrogens is 1. The Hall–Kier alpha value is -1.51. The SMILES string of the molecule is CSc1cc2ccncc2cc1-c1cccc(Cl)c1. The van der Waals surface area contributed by atoms with Gasteiger partial charge in [0.2, 0.25) is 0 Å². The van der Waals surface area contributed by atoms with Gasteiger partial charge in [0.1, 0.15) is 0 Å². The van der Waals surface area contributed by atoms with Crippen LogP contribution in [0.3, 0.4) is 0 Å². The number of thioether (sulfide) groups is 1. The maximum atomic E-state index is 6.09. The second kappa shape index (κ2) is 5.24. The molecule has 0 amide bonds. The summed E-state index contributed by atoms with van der Waals surface area (Å²) in [6.07, 6.45) is 5.81. The van der Waals surface area contributed by atoms with Gasteiger partial charge in [-0.25, -0.2) is 0 Å². The largest absolute Gasteiger partial charge is 0.264 e. The fourth-order valence-electron chi connectivity index (χ4n) is 2.17. The molecule has 3 rings (SSSR count). The minimum Gasteiger partial charge on any atom is -0.264 e. The van der Waals surface area contributed by atoms with Crippen molar-refractivity contribution in [1.82, 2.24) is 4.98 Å². The summed E-state index contributed by atoms with van der Waals surface area (Å²) < 4.78 is 0. The normalized spacial score (nSPS) is 10.8. The average Bonchev–Trinajstić information content (AvgIpc) is 2.46. The van der Waals surface area contributed by atoms with E-state index in [0.717, 1.165) is 16.0 Å². The number of benzene rings is 2. The smallest absolute Gasteiger partial charge is 0.0412 e. The molecule has 19 heavy (non-hydrogen) atoms. The first-order chi connectivity index (χ1) is 9.28. The molecule has 3 aromatic rings. The van der Waals surface area contributed by atoms with Crippen LogP contribution in [0.15, 0.2) is 59.8 Å². The van der Waals surface area contributed by atoms with Crippen molar-refractivity contribution in [2.24, 2.45) is 0 Å². The molecule has 0 aliphatic heterocycles. The molecule has 0 unspecified atom stereocenters. The highest BCUT2D eigenvalue weighted by Gasteiger charge is 2.07. The quantitative estimate of drug-likeness (QED) is 0.594. The maximum absolute atomic E-state index is 6.09. The molecule has 0 radical (unpaired) electrons. The van der Waals surface area contributed by atoms with Gasteiger partial charge in [0.05, 0.1) is 0 Å². The predicted octanol–water partition coefficient (Wildman–Crippen LogP) is 5.28. The van der Waals surface area contributed by atoms with Crippen LogP contribution >= 0.6 is 23.4 Å². The van der Waals surface area contributed by atoms with Gasteiger partial charge in [-0.1, -0.05) is 23.7 Å². The minimum absolute atomic E-state index is 0.760. The second-order valence-electron chi connectivity index (χ2n) is 4.29. The Kier molecular flexibility index (Phi) is 3.45. The minimum atomic E-state index is 0.760. The number of fused-ring (bicyclic) bond motifs is 1. The highest BCUT2D eigenvalue weighted by Crippen LogP contribution is 2.34. The number of hydrogen-bond acceptors (Lipinski definition) is 2. The Morgan fingerprint density at radius 1 is 1.05 bits per heavy atom. The van der Waals surface area contributed by atoms with Gasteiger partial charge in [0, 0.05) is 27.7 Å². The standard InChI is InChI=1S/C16H12ClNS/c1-19-16-9-11-5-6-18-10-13(11)8-15(16)12-3-2-4-14(17)7-12/h2-10H,1H3. The summed E-state index contributed by atoms with van der Waals surface area (Å²) in [6.45, 7) is 0. The summed E-state index contributed by atoms with van der Waals surface area (Å²) >= 11 is 7.84. The van der Waals surface area contributed by atoms with Gasteiger partial charge in [-0.05, 0) is 53.1 Å². The summed E-state index contributed by atoms with van der Waals surface area (Å²) in [5.74, 6) is 0. The van der Waals surface area contributed by atoms with Gasteiger partial charge >= 0.3 is 0 Å². The summed E-state index contributed by atoms with van der Waals surface area (Å²) in [5, 5.41) is 3.12. The fourth-order valence-corrected chi connectivity index (χ4v) is 3.00. The Balaban J connectivity index is 2.27. The second-order valence-corrected chi connectivity index (χ2v) is 5.57. The van der Waals surface area contributed by atoms with Crippen molar-refractivity contribution < 1.29 is 0 Å². The van der Waals surface area contributed by atoms with Crippen LogP contribution in [-0.2, 0) is 0 Å². The Morgan fingerprint density at radius 2 is 1.95 bits per heavy atom. The molecule has 2 aromatic carbocycles. The van der Waals surface area contributed by atoms with Gasteiger partial charge in [-0.3, -0.25) is 4.98 Å². The Morgan fingerprint density at radius 3 is 2.74 bits per heavy atom. The molecule has 0 aliphatic rings. The fraction of sp³-hybridized carbons (Fsp3) is 0.0625. The van der Waals surface area contributed by atoms with Crippen molar-refractivity contribution in [1.29, 1.82) is 0 Å². The molecule has 0 fully saturated rings. The van der Waals surface area contributed by atoms with E-state index < -0.39 is 0 Å². The van der Waals surface area contributed by atoms with E-state index in [1.807, 2.05) is 36.7 Å². The molecule has 1 nitrogen and oxygen atoms in total. The number of pyridine rings is 1. The average molecular weight is 286 g/mol. The molecule has 0 saturated carbocycles. The lowest BCUT2D eigenvalue weighted by Gasteiger charge is -2.10. The monoisotopic (exact) mass is 285 g/mol. The molecule has 0 N–H and O–H groups in total. The van der Waals surface area contributed by atoms with E-state index in [9.17, 15) is 0 Å². The molecule has 0 aliphatic carbocycles.